The SMILES string of the molecule is CC(C)(C)c1ccc(-c2cc3c(c(-c4ccc(C(C)(C)C)cc4)c2)C(=O)c2ccccc2C3=O)cc1. The van der Waals surface area contributed by atoms with Gasteiger partial charge >= 0.3 is 0 Å². The predicted octanol–water partition coefficient (Wildman–Crippen LogP) is 8.39. The van der Waals surface area contributed by atoms with Gasteiger partial charge in [0.1, 0.15) is 0 Å². The molecule has 4 aromatic rings. The van der Waals surface area contributed by atoms with Gasteiger partial charge in [0, 0.05) is 22.3 Å². The van der Waals surface area contributed by atoms with Gasteiger partial charge in [-0.05, 0) is 56.3 Å². The topological polar surface area (TPSA) is 34.1 Å². The molecule has 0 aromatic heterocycles. The Morgan fingerprint density at radius 1 is 0.444 bits per heavy atom. The summed E-state index contributed by atoms with van der Waals surface area (Å²) in [6, 6.07) is 28.0. The fourth-order valence-corrected chi connectivity index (χ4v) is 4.93. The molecule has 4 aromatic carbocycles. The van der Waals surface area contributed by atoms with Gasteiger partial charge in [-0.3, -0.25) is 9.59 Å². The average Bonchev–Trinajstić information content (AvgIpc) is 2.85. The van der Waals surface area contributed by atoms with Crippen molar-refractivity contribution in [3.63, 3.8) is 0 Å². The summed E-state index contributed by atoms with van der Waals surface area (Å²) in [6.07, 6.45) is 0. The number of fused-ring (bicyclic) bond motifs is 2. The molecule has 0 unspecified atom stereocenters. The lowest BCUT2D eigenvalue weighted by Gasteiger charge is -2.23. The van der Waals surface area contributed by atoms with Crippen LogP contribution < -0.4 is 0 Å². The lowest BCUT2D eigenvalue weighted by Crippen LogP contribution is -2.22. The molecule has 0 heterocycles. The molecule has 2 heteroatoms. The zero-order valence-corrected chi connectivity index (χ0v) is 21.9. The Balaban J connectivity index is 1.73. The van der Waals surface area contributed by atoms with Crippen LogP contribution in [0, 0.1) is 0 Å². The van der Waals surface area contributed by atoms with E-state index in [4.69, 9.17) is 0 Å². The first-order valence-corrected chi connectivity index (χ1v) is 12.5. The van der Waals surface area contributed by atoms with E-state index in [0.717, 1.165) is 22.3 Å². The molecule has 1 aliphatic carbocycles. The number of hydrogen-bond donors (Lipinski definition) is 0. The van der Waals surface area contributed by atoms with Crippen molar-refractivity contribution in [1.82, 2.24) is 0 Å². The highest BCUT2D eigenvalue weighted by molar-refractivity contribution is 6.30. The number of carbonyl (C=O) groups is 2. The third-order valence-corrected chi connectivity index (χ3v) is 7.17. The van der Waals surface area contributed by atoms with Gasteiger partial charge in [-0.2, -0.15) is 0 Å². The first kappa shape index (κ1) is 23.9. The van der Waals surface area contributed by atoms with Gasteiger partial charge < -0.3 is 0 Å². The van der Waals surface area contributed by atoms with Gasteiger partial charge in [-0.15, -0.1) is 0 Å². The average molecular weight is 473 g/mol. The number of hydrogen-bond acceptors (Lipinski definition) is 2. The van der Waals surface area contributed by atoms with E-state index in [1.807, 2.05) is 18.2 Å². The molecule has 0 amide bonds. The molecular formula is C34H32O2. The van der Waals surface area contributed by atoms with Crippen molar-refractivity contribution in [1.29, 1.82) is 0 Å². The molecule has 0 aliphatic heterocycles. The standard InChI is InChI=1S/C34H32O2/c1-33(2,3)24-15-11-21(12-16-24)23-19-28(22-13-17-25(18-14-22)34(4,5)6)30-29(20-23)31(35)26-9-7-8-10-27(26)32(30)36/h7-20H,1-6H3. The van der Waals surface area contributed by atoms with E-state index in [0.29, 0.717) is 22.3 Å². The highest BCUT2D eigenvalue weighted by Crippen LogP contribution is 2.39. The van der Waals surface area contributed by atoms with E-state index in [9.17, 15) is 9.59 Å². The molecule has 2 nitrogen and oxygen atoms in total. The van der Waals surface area contributed by atoms with Gasteiger partial charge in [0.15, 0.2) is 11.6 Å². The lowest BCUT2D eigenvalue weighted by molar-refractivity contribution is 0.0979. The van der Waals surface area contributed by atoms with E-state index in [2.05, 4.69) is 96.1 Å². The molecule has 0 spiro atoms. The summed E-state index contributed by atoms with van der Waals surface area (Å²) in [7, 11) is 0. The molecule has 0 atom stereocenters. The Morgan fingerprint density at radius 3 is 1.39 bits per heavy atom. The van der Waals surface area contributed by atoms with Crippen LogP contribution in [0.1, 0.15) is 84.5 Å². The van der Waals surface area contributed by atoms with Crippen LogP contribution in [0.5, 0.6) is 0 Å². The van der Waals surface area contributed by atoms with Crippen molar-refractivity contribution in [2.75, 3.05) is 0 Å². The maximum absolute atomic E-state index is 13.7. The molecule has 180 valence electrons. The Kier molecular flexibility index (Phi) is 5.59. The van der Waals surface area contributed by atoms with Gasteiger partial charge in [0.05, 0.1) is 0 Å². The van der Waals surface area contributed by atoms with Crippen LogP contribution >= 0.6 is 0 Å². The third-order valence-electron chi connectivity index (χ3n) is 7.17. The van der Waals surface area contributed by atoms with Crippen LogP contribution in [-0.4, -0.2) is 11.6 Å². The summed E-state index contributed by atoms with van der Waals surface area (Å²) < 4.78 is 0. The molecule has 36 heavy (non-hydrogen) atoms. The minimum absolute atomic E-state index is 0.0271. The third kappa shape index (κ3) is 4.11. The molecule has 0 saturated heterocycles. The highest BCUT2D eigenvalue weighted by atomic mass is 16.1. The van der Waals surface area contributed by atoms with E-state index >= 15 is 0 Å². The fraction of sp³-hybridized carbons (Fsp3) is 0.235. The summed E-state index contributed by atoms with van der Waals surface area (Å²) in [5.41, 5.74) is 8.19. The normalized spacial score (nSPS) is 13.4. The van der Waals surface area contributed by atoms with Crippen molar-refractivity contribution in [2.45, 2.75) is 52.4 Å². The van der Waals surface area contributed by atoms with Crippen LogP contribution in [-0.2, 0) is 10.8 Å². The minimum atomic E-state index is -0.0964. The van der Waals surface area contributed by atoms with E-state index in [1.165, 1.54) is 11.1 Å². The zero-order valence-electron chi connectivity index (χ0n) is 21.9. The Hall–Kier alpha value is -3.78. The van der Waals surface area contributed by atoms with Crippen molar-refractivity contribution in [2.24, 2.45) is 0 Å². The van der Waals surface area contributed by atoms with Crippen LogP contribution in [0.3, 0.4) is 0 Å². The maximum Gasteiger partial charge on any atom is 0.195 e. The number of ketones is 2. The van der Waals surface area contributed by atoms with Gasteiger partial charge in [0.2, 0.25) is 0 Å². The molecule has 1 aliphatic rings. The summed E-state index contributed by atoms with van der Waals surface area (Å²) >= 11 is 0. The summed E-state index contributed by atoms with van der Waals surface area (Å²) in [4.78, 5) is 27.4. The number of carbonyl (C=O) groups excluding carboxylic acids is 2. The van der Waals surface area contributed by atoms with E-state index in [-0.39, 0.29) is 22.4 Å². The van der Waals surface area contributed by atoms with E-state index < -0.39 is 0 Å². The molecule has 0 bridgehead atoms. The second kappa shape index (κ2) is 8.41. The first-order valence-electron chi connectivity index (χ1n) is 12.5. The largest absolute Gasteiger partial charge is 0.289 e. The first-order chi connectivity index (χ1) is 16.9. The monoisotopic (exact) mass is 472 g/mol. The maximum atomic E-state index is 13.7. The molecule has 0 radical (unpaired) electrons. The second-order valence-corrected chi connectivity index (χ2v) is 11.8. The Morgan fingerprint density at radius 2 is 0.889 bits per heavy atom. The van der Waals surface area contributed by atoms with Crippen LogP contribution in [0.2, 0.25) is 0 Å². The van der Waals surface area contributed by atoms with Crippen LogP contribution in [0.15, 0.2) is 84.9 Å². The smallest absolute Gasteiger partial charge is 0.195 e. The number of benzene rings is 4. The van der Waals surface area contributed by atoms with Gasteiger partial charge in [-0.25, -0.2) is 0 Å². The number of rotatable bonds is 2. The molecule has 0 saturated carbocycles. The van der Waals surface area contributed by atoms with Crippen molar-refractivity contribution >= 4 is 11.6 Å². The van der Waals surface area contributed by atoms with Gasteiger partial charge in [-0.1, -0.05) is 114 Å². The van der Waals surface area contributed by atoms with Crippen LogP contribution in [0.4, 0.5) is 0 Å². The van der Waals surface area contributed by atoms with Crippen LogP contribution in [0.25, 0.3) is 22.3 Å². The highest BCUT2D eigenvalue weighted by Gasteiger charge is 2.32. The second-order valence-electron chi connectivity index (χ2n) is 11.8. The summed E-state index contributed by atoms with van der Waals surface area (Å²) in [5, 5.41) is 0. The van der Waals surface area contributed by atoms with Crippen molar-refractivity contribution in [3.8, 4) is 22.3 Å². The quantitative estimate of drug-likeness (QED) is 0.258. The van der Waals surface area contributed by atoms with Gasteiger partial charge in [0.25, 0.3) is 0 Å². The van der Waals surface area contributed by atoms with Crippen molar-refractivity contribution in [3.05, 3.63) is 118 Å². The molecule has 5 rings (SSSR count). The van der Waals surface area contributed by atoms with Crippen molar-refractivity contribution < 1.29 is 9.59 Å². The molecular weight excluding hydrogens is 440 g/mol. The Bertz CT molecular complexity index is 1490. The predicted molar refractivity (Wildman–Crippen MR) is 148 cm³/mol. The summed E-state index contributed by atoms with van der Waals surface area (Å²) in [5.74, 6) is -0.189. The Labute approximate surface area is 214 Å². The summed E-state index contributed by atoms with van der Waals surface area (Å²) in [6.45, 7) is 13.1. The van der Waals surface area contributed by atoms with E-state index in [1.54, 1.807) is 12.1 Å². The zero-order chi connectivity index (χ0) is 25.8. The minimum Gasteiger partial charge on any atom is -0.289 e. The molecule has 0 N–H and O–H groups in total. The lowest BCUT2D eigenvalue weighted by atomic mass is 9.78. The molecule has 0 fully saturated rings. The fourth-order valence-electron chi connectivity index (χ4n) is 4.93.